The summed E-state index contributed by atoms with van der Waals surface area (Å²) in [6.07, 6.45) is 3.31. The van der Waals surface area contributed by atoms with E-state index < -0.39 is 10.0 Å². The van der Waals surface area contributed by atoms with Gasteiger partial charge in [-0.2, -0.15) is 17.6 Å². The van der Waals surface area contributed by atoms with Crippen LogP contribution in [-0.4, -0.2) is 58.7 Å². The third-order valence-corrected chi connectivity index (χ3v) is 8.20. The summed E-state index contributed by atoms with van der Waals surface area (Å²) in [6.45, 7) is 7.29. The fraction of sp³-hybridized carbons (Fsp3) is 0.269. The molecule has 0 aliphatic carbocycles. The van der Waals surface area contributed by atoms with Gasteiger partial charge in [-0.25, -0.2) is 9.37 Å². The lowest BCUT2D eigenvalue weighted by Gasteiger charge is -2.36. The van der Waals surface area contributed by atoms with Crippen molar-refractivity contribution in [3.63, 3.8) is 0 Å². The number of hydrogen-bond donors (Lipinski definition) is 0. The van der Waals surface area contributed by atoms with Crippen molar-refractivity contribution in [3.05, 3.63) is 89.8 Å². The van der Waals surface area contributed by atoms with Crippen molar-refractivity contribution < 1.29 is 12.8 Å². The largest absolute Gasteiger partial charge is 0.352 e. The number of benzene rings is 2. The summed E-state index contributed by atoms with van der Waals surface area (Å²) in [4.78, 5) is 13.8. The minimum atomic E-state index is -3.75. The summed E-state index contributed by atoms with van der Waals surface area (Å²) in [5.41, 5.74) is 3.81. The second-order valence-corrected chi connectivity index (χ2v) is 10.6. The van der Waals surface area contributed by atoms with Crippen LogP contribution in [0.2, 0.25) is 0 Å². The first-order valence-electron chi connectivity index (χ1n) is 11.7. The molecule has 10 heteroatoms. The molecule has 0 saturated carbocycles. The zero-order chi connectivity index (χ0) is 25.3. The lowest BCUT2D eigenvalue weighted by atomic mass is 10.1. The van der Waals surface area contributed by atoms with E-state index in [0.717, 1.165) is 52.9 Å². The Morgan fingerprint density at radius 2 is 1.56 bits per heavy atom. The fourth-order valence-corrected chi connectivity index (χ4v) is 5.92. The molecule has 0 amide bonds. The number of nitrogens with zero attached hydrogens (tertiary/aromatic N) is 6. The van der Waals surface area contributed by atoms with Gasteiger partial charge in [-0.1, -0.05) is 18.2 Å². The number of anilines is 1. The summed E-state index contributed by atoms with van der Waals surface area (Å²) in [5.74, 6) is 0.487. The molecular weight excluding hydrogens is 479 g/mol. The molecular formula is C26H27FN6O2S. The summed E-state index contributed by atoms with van der Waals surface area (Å²) in [7, 11) is -3.75. The summed E-state index contributed by atoms with van der Waals surface area (Å²) in [5, 5.41) is 4.38. The molecule has 0 unspecified atom stereocenters. The minimum absolute atomic E-state index is 0.219. The standard InChI is InChI=1S/C26H27FN6O2S/c1-19-24(20(2)33(30-19)36(34,35)23-6-4-3-5-7-23)18-31-14-16-32(17-15-31)26-25(28-12-13-29-26)21-8-10-22(27)11-9-21/h3-13H,14-18H2,1-2H3. The van der Waals surface area contributed by atoms with Crippen LogP contribution in [0.25, 0.3) is 11.3 Å². The topological polar surface area (TPSA) is 84.2 Å². The predicted molar refractivity (Wildman–Crippen MR) is 136 cm³/mol. The second kappa shape index (κ2) is 9.79. The molecule has 186 valence electrons. The van der Waals surface area contributed by atoms with E-state index in [1.165, 1.54) is 12.1 Å². The van der Waals surface area contributed by atoms with E-state index in [1.807, 2.05) is 6.92 Å². The summed E-state index contributed by atoms with van der Waals surface area (Å²) < 4.78 is 40.8. The quantitative estimate of drug-likeness (QED) is 0.395. The molecule has 0 bridgehead atoms. The van der Waals surface area contributed by atoms with E-state index in [9.17, 15) is 12.8 Å². The van der Waals surface area contributed by atoms with Crippen molar-refractivity contribution in [1.29, 1.82) is 0 Å². The normalized spacial score (nSPS) is 14.8. The molecule has 8 nitrogen and oxygen atoms in total. The lowest BCUT2D eigenvalue weighted by molar-refractivity contribution is 0.248. The molecule has 1 aliphatic heterocycles. The highest BCUT2D eigenvalue weighted by Gasteiger charge is 2.26. The highest BCUT2D eigenvalue weighted by Crippen LogP contribution is 2.28. The summed E-state index contributed by atoms with van der Waals surface area (Å²) in [6, 6.07) is 14.6. The molecule has 0 atom stereocenters. The molecule has 1 aliphatic rings. The number of halogens is 1. The highest BCUT2D eigenvalue weighted by molar-refractivity contribution is 7.89. The van der Waals surface area contributed by atoms with Gasteiger partial charge in [-0.3, -0.25) is 9.88 Å². The molecule has 0 N–H and O–H groups in total. The van der Waals surface area contributed by atoms with Gasteiger partial charge in [0.25, 0.3) is 10.0 Å². The van der Waals surface area contributed by atoms with E-state index in [2.05, 4.69) is 24.9 Å². The van der Waals surface area contributed by atoms with Gasteiger partial charge in [0, 0.05) is 56.2 Å². The van der Waals surface area contributed by atoms with Crippen molar-refractivity contribution in [2.45, 2.75) is 25.3 Å². The summed E-state index contributed by atoms with van der Waals surface area (Å²) >= 11 is 0. The van der Waals surface area contributed by atoms with Crippen LogP contribution < -0.4 is 4.90 Å². The van der Waals surface area contributed by atoms with Gasteiger partial charge in [-0.05, 0) is 50.2 Å². The average Bonchev–Trinajstić information content (AvgIpc) is 3.19. The molecule has 1 saturated heterocycles. The Morgan fingerprint density at radius 3 is 2.25 bits per heavy atom. The van der Waals surface area contributed by atoms with Crippen LogP contribution >= 0.6 is 0 Å². The van der Waals surface area contributed by atoms with Crippen LogP contribution in [0.4, 0.5) is 10.2 Å². The Labute approximate surface area is 210 Å². The molecule has 1 fully saturated rings. The maximum absolute atomic E-state index is 13.4. The average molecular weight is 507 g/mol. The van der Waals surface area contributed by atoms with Crippen molar-refractivity contribution in [3.8, 4) is 11.3 Å². The van der Waals surface area contributed by atoms with Gasteiger partial charge < -0.3 is 4.90 Å². The zero-order valence-corrected chi connectivity index (χ0v) is 21.0. The van der Waals surface area contributed by atoms with E-state index >= 15 is 0 Å². The molecule has 3 heterocycles. The van der Waals surface area contributed by atoms with Crippen LogP contribution in [0.15, 0.2) is 71.9 Å². The van der Waals surface area contributed by atoms with Crippen LogP contribution in [0.5, 0.6) is 0 Å². The molecule has 4 aromatic rings. The molecule has 36 heavy (non-hydrogen) atoms. The van der Waals surface area contributed by atoms with Gasteiger partial charge in [0.2, 0.25) is 0 Å². The van der Waals surface area contributed by atoms with E-state index in [1.54, 1.807) is 61.8 Å². The van der Waals surface area contributed by atoms with Crippen molar-refractivity contribution >= 4 is 15.8 Å². The monoisotopic (exact) mass is 506 g/mol. The third kappa shape index (κ3) is 4.61. The number of aromatic nitrogens is 4. The Hall–Kier alpha value is -3.63. The van der Waals surface area contributed by atoms with Gasteiger partial charge >= 0.3 is 0 Å². The maximum Gasteiger partial charge on any atom is 0.283 e. The van der Waals surface area contributed by atoms with Crippen molar-refractivity contribution in [1.82, 2.24) is 24.1 Å². The SMILES string of the molecule is Cc1nn(S(=O)(=O)c2ccccc2)c(C)c1CN1CCN(c2nccnc2-c2ccc(F)cc2)CC1. The number of aryl methyl sites for hydroxylation is 1. The lowest BCUT2D eigenvalue weighted by Crippen LogP contribution is -2.46. The zero-order valence-electron chi connectivity index (χ0n) is 20.2. The Kier molecular flexibility index (Phi) is 6.55. The molecule has 0 spiro atoms. The molecule has 2 aromatic heterocycles. The van der Waals surface area contributed by atoms with Gasteiger partial charge in [0.1, 0.15) is 11.5 Å². The van der Waals surface area contributed by atoms with Crippen LogP contribution in [-0.2, 0) is 16.6 Å². The van der Waals surface area contributed by atoms with Crippen LogP contribution in [0.1, 0.15) is 17.0 Å². The van der Waals surface area contributed by atoms with E-state index in [0.29, 0.717) is 17.9 Å². The van der Waals surface area contributed by atoms with Crippen molar-refractivity contribution in [2.75, 3.05) is 31.1 Å². The molecule has 0 radical (unpaired) electrons. The first-order chi connectivity index (χ1) is 17.3. The van der Waals surface area contributed by atoms with E-state index in [-0.39, 0.29) is 10.7 Å². The van der Waals surface area contributed by atoms with Gasteiger partial charge in [0.15, 0.2) is 5.82 Å². The van der Waals surface area contributed by atoms with Crippen molar-refractivity contribution in [2.24, 2.45) is 0 Å². The smallest absolute Gasteiger partial charge is 0.283 e. The Bertz CT molecular complexity index is 1460. The van der Waals surface area contributed by atoms with Crippen LogP contribution in [0.3, 0.4) is 0 Å². The Balaban J connectivity index is 1.31. The number of rotatable bonds is 6. The van der Waals surface area contributed by atoms with Gasteiger partial charge in [-0.15, -0.1) is 0 Å². The van der Waals surface area contributed by atoms with E-state index in [4.69, 9.17) is 0 Å². The minimum Gasteiger partial charge on any atom is -0.352 e. The predicted octanol–water partition coefficient (Wildman–Crippen LogP) is 3.66. The first kappa shape index (κ1) is 24.1. The highest BCUT2D eigenvalue weighted by atomic mass is 32.2. The number of piperazine rings is 1. The molecule has 5 rings (SSSR count). The maximum atomic E-state index is 13.4. The number of hydrogen-bond acceptors (Lipinski definition) is 7. The fourth-order valence-electron chi connectivity index (χ4n) is 4.52. The first-order valence-corrected chi connectivity index (χ1v) is 13.2. The molecule has 2 aromatic carbocycles. The second-order valence-electron chi connectivity index (χ2n) is 8.81. The Morgan fingerprint density at radius 1 is 0.889 bits per heavy atom. The van der Waals surface area contributed by atoms with Crippen LogP contribution in [0, 0.1) is 19.7 Å². The van der Waals surface area contributed by atoms with Gasteiger partial charge in [0.05, 0.1) is 16.3 Å². The third-order valence-electron chi connectivity index (χ3n) is 6.52.